The van der Waals surface area contributed by atoms with Crippen LogP contribution in [0.4, 0.5) is 8.78 Å². The van der Waals surface area contributed by atoms with Crippen LogP contribution in [0.15, 0.2) is 18.2 Å². The SMILES string of the molecule is CCCNC(=O)Cc1ccc(F)c(F)c1. The second-order valence-electron chi connectivity index (χ2n) is 3.28. The zero-order valence-corrected chi connectivity index (χ0v) is 8.52. The summed E-state index contributed by atoms with van der Waals surface area (Å²) in [5.41, 5.74) is 0.475. The molecule has 1 aromatic rings. The van der Waals surface area contributed by atoms with Gasteiger partial charge in [0.15, 0.2) is 11.6 Å². The molecule has 0 aromatic heterocycles. The summed E-state index contributed by atoms with van der Waals surface area (Å²) in [7, 11) is 0. The molecular weight excluding hydrogens is 200 g/mol. The van der Waals surface area contributed by atoms with Crippen molar-refractivity contribution in [3.8, 4) is 0 Å². The fraction of sp³-hybridized carbons (Fsp3) is 0.364. The fourth-order valence-corrected chi connectivity index (χ4v) is 1.16. The summed E-state index contributed by atoms with van der Waals surface area (Å²) in [6.45, 7) is 2.54. The molecule has 0 atom stereocenters. The Kier molecular flexibility index (Phi) is 4.21. The lowest BCUT2D eigenvalue weighted by Crippen LogP contribution is -2.25. The van der Waals surface area contributed by atoms with Crippen molar-refractivity contribution in [2.75, 3.05) is 6.54 Å². The minimum Gasteiger partial charge on any atom is -0.356 e. The van der Waals surface area contributed by atoms with E-state index in [2.05, 4.69) is 5.32 Å². The van der Waals surface area contributed by atoms with E-state index in [0.29, 0.717) is 12.1 Å². The number of carbonyl (C=O) groups is 1. The third-order valence-electron chi connectivity index (χ3n) is 1.92. The maximum absolute atomic E-state index is 12.8. The van der Waals surface area contributed by atoms with Gasteiger partial charge in [0.2, 0.25) is 5.91 Å². The van der Waals surface area contributed by atoms with E-state index < -0.39 is 11.6 Å². The molecule has 0 saturated carbocycles. The Morgan fingerprint density at radius 2 is 2.07 bits per heavy atom. The van der Waals surface area contributed by atoms with Crippen molar-refractivity contribution in [2.24, 2.45) is 0 Å². The van der Waals surface area contributed by atoms with Crippen LogP contribution in [0.1, 0.15) is 18.9 Å². The second kappa shape index (κ2) is 5.44. The van der Waals surface area contributed by atoms with Crippen LogP contribution in [-0.4, -0.2) is 12.5 Å². The monoisotopic (exact) mass is 213 g/mol. The molecule has 1 aromatic carbocycles. The molecule has 0 aliphatic rings. The van der Waals surface area contributed by atoms with E-state index >= 15 is 0 Å². The van der Waals surface area contributed by atoms with Crippen molar-refractivity contribution >= 4 is 5.91 Å². The molecule has 0 heterocycles. The van der Waals surface area contributed by atoms with Gasteiger partial charge >= 0.3 is 0 Å². The molecule has 0 saturated heterocycles. The molecule has 0 unspecified atom stereocenters. The number of rotatable bonds is 4. The van der Waals surface area contributed by atoms with Crippen LogP contribution in [0.25, 0.3) is 0 Å². The van der Waals surface area contributed by atoms with Crippen molar-refractivity contribution in [3.63, 3.8) is 0 Å². The van der Waals surface area contributed by atoms with Gasteiger partial charge in [-0.3, -0.25) is 4.79 Å². The smallest absolute Gasteiger partial charge is 0.224 e. The third kappa shape index (κ3) is 3.65. The average Bonchev–Trinajstić information content (AvgIpc) is 2.20. The molecule has 0 spiro atoms. The second-order valence-corrected chi connectivity index (χ2v) is 3.28. The lowest BCUT2D eigenvalue weighted by atomic mass is 10.1. The molecule has 0 bridgehead atoms. The lowest BCUT2D eigenvalue weighted by Gasteiger charge is -2.03. The first-order valence-electron chi connectivity index (χ1n) is 4.84. The number of hydrogen-bond acceptors (Lipinski definition) is 1. The maximum Gasteiger partial charge on any atom is 0.224 e. The summed E-state index contributed by atoms with van der Waals surface area (Å²) in [4.78, 5) is 11.2. The Morgan fingerprint density at radius 1 is 1.33 bits per heavy atom. The van der Waals surface area contributed by atoms with Gasteiger partial charge in [-0.15, -0.1) is 0 Å². The van der Waals surface area contributed by atoms with Crippen molar-refractivity contribution in [2.45, 2.75) is 19.8 Å². The standard InChI is InChI=1S/C11H13F2NO/c1-2-5-14-11(15)7-8-3-4-9(12)10(13)6-8/h3-4,6H,2,5,7H2,1H3,(H,14,15). The first kappa shape index (κ1) is 11.6. The van der Waals surface area contributed by atoms with Gasteiger partial charge in [0.05, 0.1) is 6.42 Å². The molecule has 0 aliphatic carbocycles. The normalized spacial score (nSPS) is 10.1. The maximum atomic E-state index is 12.8. The Labute approximate surface area is 87.3 Å². The van der Waals surface area contributed by atoms with Crippen molar-refractivity contribution < 1.29 is 13.6 Å². The summed E-state index contributed by atoms with van der Waals surface area (Å²) < 4.78 is 25.3. The molecule has 1 amide bonds. The summed E-state index contributed by atoms with van der Waals surface area (Å²) in [6.07, 6.45) is 0.931. The van der Waals surface area contributed by atoms with Crippen LogP contribution < -0.4 is 5.32 Å². The van der Waals surface area contributed by atoms with E-state index in [4.69, 9.17) is 0 Å². The zero-order chi connectivity index (χ0) is 11.3. The lowest BCUT2D eigenvalue weighted by molar-refractivity contribution is -0.120. The van der Waals surface area contributed by atoms with Gasteiger partial charge in [0, 0.05) is 6.54 Å². The first-order chi connectivity index (χ1) is 7.13. The molecule has 15 heavy (non-hydrogen) atoms. The Bertz CT molecular complexity index is 352. The quantitative estimate of drug-likeness (QED) is 0.814. The minimum atomic E-state index is -0.921. The molecule has 0 aliphatic heterocycles. The van der Waals surface area contributed by atoms with Crippen molar-refractivity contribution in [1.82, 2.24) is 5.32 Å². The predicted molar refractivity (Wildman–Crippen MR) is 53.4 cm³/mol. The molecule has 82 valence electrons. The first-order valence-corrected chi connectivity index (χ1v) is 4.84. The summed E-state index contributed by atoms with van der Waals surface area (Å²) in [5.74, 6) is -1.99. The van der Waals surface area contributed by atoms with E-state index in [-0.39, 0.29) is 12.3 Å². The van der Waals surface area contributed by atoms with E-state index in [0.717, 1.165) is 18.6 Å². The molecule has 4 heteroatoms. The summed E-state index contributed by atoms with van der Waals surface area (Å²) >= 11 is 0. The van der Waals surface area contributed by atoms with Crippen LogP contribution in [0.3, 0.4) is 0 Å². The number of benzene rings is 1. The molecule has 1 rings (SSSR count). The molecule has 0 radical (unpaired) electrons. The van der Waals surface area contributed by atoms with Crippen LogP contribution in [0.5, 0.6) is 0 Å². The Hall–Kier alpha value is -1.45. The van der Waals surface area contributed by atoms with E-state index in [9.17, 15) is 13.6 Å². The number of nitrogens with one attached hydrogen (secondary N) is 1. The molecule has 2 nitrogen and oxygen atoms in total. The van der Waals surface area contributed by atoms with Gasteiger partial charge in [-0.25, -0.2) is 8.78 Å². The van der Waals surface area contributed by atoms with Crippen LogP contribution in [-0.2, 0) is 11.2 Å². The van der Waals surface area contributed by atoms with Crippen LogP contribution >= 0.6 is 0 Å². The van der Waals surface area contributed by atoms with Crippen LogP contribution in [0, 0.1) is 11.6 Å². The zero-order valence-electron chi connectivity index (χ0n) is 8.52. The van der Waals surface area contributed by atoms with Crippen molar-refractivity contribution in [1.29, 1.82) is 0 Å². The van der Waals surface area contributed by atoms with E-state index in [1.54, 1.807) is 0 Å². The highest BCUT2D eigenvalue weighted by Crippen LogP contribution is 2.08. The van der Waals surface area contributed by atoms with Crippen LogP contribution in [0.2, 0.25) is 0 Å². The largest absolute Gasteiger partial charge is 0.356 e. The highest BCUT2D eigenvalue weighted by Gasteiger charge is 2.06. The molecule has 0 fully saturated rings. The number of hydrogen-bond donors (Lipinski definition) is 1. The predicted octanol–water partition coefficient (Wildman–Crippen LogP) is 2.03. The highest BCUT2D eigenvalue weighted by molar-refractivity contribution is 5.78. The Balaban J connectivity index is 2.57. The number of carbonyl (C=O) groups excluding carboxylic acids is 1. The fourth-order valence-electron chi connectivity index (χ4n) is 1.16. The molecule has 1 N–H and O–H groups in total. The summed E-state index contributed by atoms with van der Waals surface area (Å²) in [5, 5.41) is 2.66. The van der Waals surface area contributed by atoms with Gasteiger partial charge in [0.1, 0.15) is 0 Å². The number of amides is 1. The van der Waals surface area contributed by atoms with E-state index in [1.807, 2.05) is 6.92 Å². The van der Waals surface area contributed by atoms with Gasteiger partial charge in [0.25, 0.3) is 0 Å². The molecular formula is C11H13F2NO. The van der Waals surface area contributed by atoms with E-state index in [1.165, 1.54) is 6.07 Å². The topological polar surface area (TPSA) is 29.1 Å². The van der Waals surface area contributed by atoms with Gasteiger partial charge in [-0.1, -0.05) is 13.0 Å². The van der Waals surface area contributed by atoms with Gasteiger partial charge in [-0.2, -0.15) is 0 Å². The minimum absolute atomic E-state index is 0.0806. The van der Waals surface area contributed by atoms with Gasteiger partial charge < -0.3 is 5.32 Å². The number of halogens is 2. The van der Waals surface area contributed by atoms with Crippen molar-refractivity contribution in [3.05, 3.63) is 35.4 Å². The Morgan fingerprint density at radius 3 is 2.67 bits per heavy atom. The third-order valence-corrected chi connectivity index (χ3v) is 1.92. The highest BCUT2D eigenvalue weighted by atomic mass is 19.2. The summed E-state index contributed by atoms with van der Waals surface area (Å²) in [6, 6.07) is 3.47. The average molecular weight is 213 g/mol. The van der Waals surface area contributed by atoms with Gasteiger partial charge in [-0.05, 0) is 24.1 Å².